The van der Waals surface area contributed by atoms with Crippen LogP contribution >= 0.6 is 0 Å². The Morgan fingerprint density at radius 3 is 1.82 bits per heavy atom. The van der Waals surface area contributed by atoms with Crippen LogP contribution in [0.3, 0.4) is 0 Å². The van der Waals surface area contributed by atoms with Crippen molar-refractivity contribution in [3.05, 3.63) is 0 Å². The van der Waals surface area contributed by atoms with Crippen molar-refractivity contribution in [1.29, 1.82) is 0 Å². The molecule has 22 heavy (non-hydrogen) atoms. The van der Waals surface area contributed by atoms with Crippen LogP contribution in [0.4, 0.5) is 0 Å². The molecule has 5 nitrogen and oxygen atoms in total. The van der Waals surface area contributed by atoms with Gasteiger partial charge in [0.05, 0.1) is 0 Å². The zero-order valence-electron chi connectivity index (χ0n) is 13.7. The SMILES string of the molecule is O=C(NCCCO)C(=O)NC1CCCCCCCCCCC1. The van der Waals surface area contributed by atoms with Crippen molar-refractivity contribution in [1.82, 2.24) is 10.6 Å². The Morgan fingerprint density at radius 1 is 0.818 bits per heavy atom. The number of hydrogen-bond donors (Lipinski definition) is 3. The molecule has 1 aliphatic carbocycles. The molecular formula is C17H32N2O3. The number of carbonyl (C=O) groups is 2. The first-order valence-corrected chi connectivity index (χ1v) is 8.93. The molecule has 0 atom stereocenters. The Morgan fingerprint density at radius 2 is 1.32 bits per heavy atom. The van der Waals surface area contributed by atoms with Crippen LogP contribution in [0.5, 0.6) is 0 Å². The van der Waals surface area contributed by atoms with Crippen molar-refractivity contribution >= 4 is 11.8 Å². The summed E-state index contributed by atoms with van der Waals surface area (Å²) >= 11 is 0. The molecule has 2 amide bonds. The van der Waals surface area contributed by atoms with Crippen molar-refractivity contribution in [3.63, 3.8) is 0 Å². The lowest BCUT2D eigenvalue weighted by atomic mass is 9.98. The van der Waals surface area contributed by atoms with Gasteiger partial charge < -0.3 is 15.7 Å². The molecule has 0 aliphatic heterocycles. The fourth-order valence-electron chi connectivity index (χ4n) is 2.92. The summed E-state index contributed by atoms with van der Waals surface area (Å²) < 4.78 is 0. The van der Waals surface area contributed by atoms with Gasteiger partial charge in [0.1, 0.15) is 0 Å². The van der Waals surface area contributed by atoms with Crippen LogP contribution < -0.4 is 10.6 Å². The highest BCUT2D eigenvalue weighted by Crippen LogP contribution is 2.16. The lowest BCUT2D eigenvalue weighted by molar-refractivity contribution is -0.139. The minimum absolute atomic E-state index is 0.0184. The highest BCUT2D eigenvalue weighted by atomic mass is 16.3. The van der Waals surface area contributed by atoms with E-state index >= 15 is 0 Å². The molecule has 0 aromatic carbocycles. The Hall–Kier alpha value is -1.10. The molecule has 1 aliphatic rings. The normalized spacial score (nSPS) is 18.8. The van der Waals surface area contributed by atoms with E-state index in [1.807, 2.05) is 0 Å². The van der Waals surface area contributed by atoms with Gasteiger partial charge in [-0.15, -0.1) is 0 Å². The van der Waals surface area contributed by atoms with Crippen molar-refractivity contribution < 1.29 is 14.7 Å². The van der Waals surface area contributed by atoms with Gasteiger partial charge in [-0.2, -0.15) is 0 Å². The number of hydrogen-bond acceptors (Lipinski definition) is 3. The summed E-state index contributed by atoms with van der Waals surface area (Å²) in [4.78, 5) is 23.6. The van der Waals surface area contributed by atoms with Crippen LogP contribution in [0.2, 0.25) is 0 Å². The molecule has 0 unspecified atom stereocenters. The van der Waals surface area contributed by atoms with E-state index < -0.39 is 11.8 Å². The number of nitrogens with one attached hydrogen (secondary N) is 2. The van der Waals surface area contributed by atoms with E-state index in [2.05, 4.69) is 10.6 Å². The minimum Gasteiger partial charge on any atom is -0.396 e. The molecule has 0 spiro atoms. The van der Waals surface area contributed by atoms with E-state index in [0.29, 0.717) is 13.0 Å². The smallest absolute Gasteiger partial charge is 0.309 e. The maximum Gasteiger partial charge on any atom is 0.309 e. The highest BCUT2D eigenvalue weighted by Gasteiger charge is 2.18. The third kappa shape index (κ3) is 9.03. The molecule has 5 heteroatoms. The molecule has 3 N–H and O–H groups in total. The average molecular weight is 312 g/mol. The van der Waals surface area contributed by atoms with Crippen LogP contribution in [0.25, 0.3) is 0 Å². The Bertz CT molecular complexity index is 309. The summed E-state index contributed by atoms with van der Waals surface area (Å²) in [5, 5.41) is 14.1. The predicted molar refractivity (Wildman–Crippen MR) is 87.4 cm³/mol. The number of aliphatic hydroxyl groups is 1. The van der Waals surface area contributed by atoms with Gasteiger partial charge in [-0.25, -0.2) is 0 Å². The molecule has 0 radical (unpaired) electrons. The summed E-state index contributed by atoms with van der Waals surface area (Å²) in [5.41, 5.74) is 0. The number of aliphatic hydroxyl groups excluding tert-OH is 1. The van der Waals surface area contributed by atoms with E-state index in [1.54, 1.807) is 0 Å². The van der Waals surface area contributed by atoms with Gasteiger partial charge in [0.25, 0.3) is 0 Å². The van der Waals surface area contributed by atoms with Crippen molar-refractivity contribution in [3.8, 4) is 0 Å². The maximum atomic E-state index is 11.9. The van der Waals surface area contributed by atoms with Crippen molar-refractivity contribution in [2.75, 3.05) is 13.2 Å². The number of rotatable bonds is 4. The van der Waals surface area contributed by atoms with Gasteiger partial charge >= 0.3 is 11.8 Å². The minimum atomic E-state index is -0.584. The lowest BCUT2D eigenvalue weighted by Crippen LogP contribution is -2.45. The van der Waals surface area contributed by atoms with E-state index in [4.69, 9.17) is 5.11 Å². The first-order valence-electron chi connectivity index (χ1n) is 8.93. The average Bonchev–Trinajstić information content (AvgIpc) is 2.50. The monoisotopic (exact) mass is 312 g/mol. The third-order valence-electron chi connectivity index (χ3n) is 4.27. The maximum absolute atomic E-state index is 11.9. The number of carbonyl (C=O) groups excluding carboxylic acids is 2. The predicted octanol–water partition coefficient (Wildman–Crippen LogP) is 2.27. The standard InChI is InChI=1S/C17H32N2O3/c20-14-10-13-18-16(21)17(22)19-15-11-8-6-4-2-1-3-5-7-9-12-15/h15,20H,1-14H2,(H,18,21)(H,19,22). The van der Waals surface area contributed by atoms with Crippen molar-refractivity contribution in [2.45, 2.75) is 83.1 Å². The van der Waals surface area contributed by atoms with Gasteiger partial charge in [-0.05, 0) is 19.3 Å². The first kappa shape index (κ1) is 18.9. The topological polar surface area (TPSA) is 78.4 Å². The summed E-state index contributed by atoms with van der Waals surface area (Å²) in [6.07, 6.45) is 13.7. The first-order chi connectivity index (χ1) is 10.7. The van der Waals surface area contributed by atoms with E-state index in [1.165, 1.54) is 44.9 Å². The Labute approximate surface area is 134 Å². The fourth-order valence-corrected chi connectivity index (χ4v) is 2.92. The van der Waals surface area contributed by atoms with E-state index in [9.17, 15) is 9.59 Å². The summed E-state index contributed by atoms with van der Waals surface area (Å²) in [7, 11) is 0. The Balaban J connectivity index is 2.34. The molecule has 0 aromatic rings. The van der Waals surface area contributed by atoms with Crippen LogP contribution in [-0.4, -0.2) is 36.1 Å². The second-order valence-electron chi connectivity index (χ2n) is 6.26. The van der Waals surface area contributed by atoms with Gasteiger partial charge in [0.2, 0.25) is 0 Å². The fraction of sp³-hybridized carbons (Fsp3) is 0.882. The third-order valence-corrected chi connectivity index (χ3v) is 4.27. The zero-order valence-corrected chi connectivity index (χ0v) is 13.7. The van der Waals surface area contributed by atoms with Gasteiger partial charge in [-0.1, -0.05) is 57.8 Å². The zero-order chi connectivity index (χ0) is 16.0. The molecule has 128 valence electrons. The van der Waals surface area contributed by atoms with Crippen LogP contribution in [0.15, 0.2) is 0 Å². The molecule has 1 fully saturated rings. The highest BCUT2D eigenvalue weighted by molar-refractivity contribution is 6.35. The summed E-state index contributed by atoms with van der Waals surface area (Å²) in [5.74, 6) is -1.12. The van der Waals surface area contributed by atoms with Crippen LogP contribution in [0, 0.1) is 0 Å². The molecule has 0 saturated heterocycles. The second kappa shape index (κ2) is 12.4. The van der Waals surface area contributed by atoms with Crippen molar-refractivity contribution in [2.24, 2.45) is 0 Å². The van der Waals surface area contributed by atoms with E-state index in [-0.39, 0.29) is 12.6 Å². The largest absolute Gasteiger partial charge is 0.396 e. The summed E-state index contributed by atoms with van der Waals surface area (Å²) in [6, 6.07) is 0.121. The molecule has 1 saturated carbocycles. The van der Waals surface area contributed by atoms with Gasteiger partial charge in [0.15, 0.2) is 0 Å². The summed E-state index contributed by atoms with van der Waals surface area (Å²) in [6.45, 7) is 0.359. The molecular weight excluding hydrogens is 280 g/mol. The molecule has 0 bridgehead atoms. The quantitative estimate of drug-likeness (QED) is 0.550. The number of amides is 2. The Kier molecular flexibility index (Phi) is 10.7. The van der Waals surface area contributed by atoms with Gasteiger partial charge in [-0.3, -0.25) is 9.59 Å². The van der Waals surface area contributed by atoms with Crippen LogP contribution in [-0.2, 0) is 9.59 Å². The lowest BCUT2D eigenvalue weighted by Gasteiger charge is -2.19. The molecule has 0 heterocycles. The van der Waals surface area contributed by atoms with E-state index in [0.717, 1.165) is 25.7 Å². The van der Waals surface area contributed by atoms with Gasteiger partial charge in [0, 0.05) is 19.2 Å². The molecule has 0 aromatic heterocycles. The second-order valence-corrected chi connectivity index (χ2v) is 6.26. The molecule has 1 rings (SSSR count). The van der Waals surface area contributed by atoms with Crippen LogP contribution in [0.1, 0.15) is 77.0 Å².